The molecule has 5 nitrogen and oxygen atoms in total. The number of nitrogens with zero attached hydrogens (tertiary/aromatic N) is 1. The van der Waals surface area contributed by atoms with E-state index >= 15 is 0 Å². The number of carboxylic acid groups (broad SMARTS) is 1. The first kappa shape index (κ1) is 17.5. The highest BCUT2D eigenvalue weighted by molar-refractivity contribution is 8.26. The Morgan fingerprint density at radius 2 is 2.04 bits per heavy atom. The van der Waals surface area contributed by atoms with E-state index in [9.17, 15) is 14.7 Å². The molecule has 1 fully saturated rings. The first-order valence-corrected chi connectivity index (χ1v) is 8.43. The van der Waals surface area contributed by atoms with E-state index in [0.29, 0.717) is 17.9 Å². The van der Waals surface area contributed by atoms with Gasteiger partial charge >= 0.3 is 5.97 Å². The molecule has 1 N–H and O–H groups in total. The van der Waals surface area contributed by atoms with Crippen molar-refractivity contribution in [2.24, 2.45) is 0 Å². The lowest BCUT2D eigenvalue weighted by molar-refractivity contribution is -0.145. The van der Waals surface area contributed by atoms with Gasteiger partial charge in [-0.25, -0.2) is 4.79 Å². The highest BCUT2D eigenvalue weighted by Gasteiger charge is 2.39. The molecule has 1 heterocycles. The number of ether oxygens (including phenoxy) is 1. The third-order valence-corrected chi connectivity index (χ3v) is 4.63. The van der Waals surface area contributed by atoms with Crippen LogP contribution in [0.15, 0.2) is 29.2 Å². The van der Waals surface area contributed by atoms with E-state index in [1.165, 1.54) is 4.90 Å². The summed E-state index contributed by atoms with van der Waals surface area (Å²) in [6.45, 7) is 4.21. The second-order valence-corrected chi connectivity index (χ2v) is 6.49. The number of carbonyl (C=O) groups is 2. The van der Waals surface area contributed by atoms with Crippen molar-refractivity contribution in [3.63, 3.8) is 0 Å². The fourth-order valence-corrected chi connectivity index (χ4v) is 3.55. The van der Waals surface area contributed by atoms with Gasteiger partial charge in [0.05, 0.1) is 11.5 Å². The quantitative estimate of drug-likeness (QED) is 0.627. The van der Waals surface area contributed by atoms with Gasteiger partial charge in [0.1, 0.15) is 16.1 Å². The summed E-state index contributed by atoms with van der Waals surface area (Å²) in [5.41, 5.74) is 0.831. The molecule has 1 saturated heterocycles. The van der Waals surface area contributed by atoms with E-state index in [0.717, 1.165) is 23.1 Å². The molecule has 122 valence electrons. The standard InChI is InChI=1S/C16H17NO4S2/c1-3-12(15(19)20)17-14(18)13(23-16(17)22)9-10-5-7-11(8-6-10)21-4-2/h5-9,12H,3-4H2,1-2H3,(H,19,20)/b13-9+/t12-/m0/s1. The second kappa shape index (κ2) is 7.61. The fraction of sp³-hybridized carbons (Fsp3) is 0.312. The SMILES string of the molecule is CCOc1ccc(/C=C2/SC(=S)N([C@@H](CC)C(=O)O)C2=O)cc1. The van der Waals surface area contributed by atoms with Crippen LogP contribution in [0.3, 0.4) is 0 Å². The monoisotopic (exact) mass is 351 g/mol. The molecule has 1 atom stereocenters. The van der Waals surface area contributed by atoms with Crippen LogP contribution < -0.4 is 4.74 Å². The van der Waals surface area contributed by atoms with Crippen molar-refractivity contribution in [1.82, 2.24) is 4.90 Å². The van der Waals surface area contributed by atoms with E-state index in [-0.39, 0.29) is 10.2 Å². The molecular formula is C16H17NO4S2. The molecule has 0 unspecified atom stereocenters. The number of hydrogen-bond donors (Lipinski definition) is 1. The molecule has 0 spiro atoms. The third kappa shape index (κ3) is 3.92. The van der Waals surface area contributed by atoms with Gasteiger partial charge in [0.2, 0.25) is 0 Å². The van der Waals surface area contributed by atoms with Gasteiger partial charge in [-0.2, -0.15) is 0 Å². The first-order chi connectivity index (χ1) is 11.0. The van der Waals surface area contributed by atoms with Gasteiger partial charge in [-0.15, -0.1) is 0 Å². The Labute approximate surface area is 144 Å². The van der Waals surface area contributed by atoms with E-state index in [2.05, 4.69) is 0 Å². The molecule has 0 radical (unpaired) electrons. The highest BCUT2D eigenvalue weighted by atomic mass is 32.2. The summed E-state index contributed by atoms with van der Waals surface area (Å²) in [7, 11) is 0. The Balaban J connectivity index is 2.22. The van der Waals surface area contributed by atoms with Crippen LogP contribution in [0.4, 0.5) is 0 Å². The Bertz CT molecular complexity index is 655. The molecule has 7 heteroatoms. The topological polar surface area (TPSA) is 66.8 Å². The van der Waals surface area contributed by atoms with E-state index < -0.39 is 12.0 Å². The lowest BCUT2D eigenvalue weighted by Gasteiger charge is -2.21. The molecule has 1 aliphatic rings. The Kier molecular flexibility index (Phi) is 5.79. The Morgan fingerprint density at radius 1 is 1.39 bits per heavy atom. The summed E-state index contributed by atoms with van der Waals surface area (Å²) < 4.78 is 5.65. The van der Waals surface area contributed by atoms with Gasteiger partial charge in [0, 0.05) is 0 Å². The average Bonchev–Trinajstić information content (AvgIpc) is 2.78. The zero-order valence-corrected chi connectivity index (χ0v) is 14.4. The van der Waals surface area contributed by atoms with Crippen LogP contribution in [0.1, 0.15) is 25.8 Å². The first-order valence-electron chi connectivity index (χ1n) is 7.20. The molecule has 0 aromatic heterocycles. The summed E-state index contributed by atoms with van der Waals surface area (Å²) in [5, 5.41) is 9.23. The van der Waals surface area contributed by atoms with E-state index in [4.69, 9.17) is 17.0 Å². The van der Waals surface area contributed by atoms with Crippen molar-refractivity contribution in [3.05, 3.63) is 34.7 Å². The largest absolute Gasteiger partial charge is 0.494 e. The Morgan fingerprint density at radius 3 is 2.57 bits per heavy atom. The number of rotatable bonds is 6. The van der Waals surface area contributed by atoms with Crippen molar-refractivity contribution in [2.75, 3.05) is 6.61 Å². The smallest absolute Gasteiger partial charge is 0.326 e. The third-order valence-electron chi connectivity index (χ3n) is 3.30. The maximum atomic E-state index is 12.5. The lowest BCUT2D eigenvalue weighted by Crippen LogP contribution is -2.43. The summed E-state index contributed by atoms with van der Waals surface area (Å²) in [6, 6.07) is 6.40. The average molecular weight is 351 g/mol. The molecule has 23 heavy (non-hydrogen) atoms. The number of aliphatic carboxylic acids is 1. The number of carbonyl (C=O) groups excluding carboxylic acids is 1. The predicted molar refractivity (Wildman–Crippen MR) is 94.3 cm³/mol. The maximum absolute atomic E-state index is 12.5. The van der Waals surface area contributed by atoms with E-state index in [1.807, 2.05) is 31.2 Å². The number of amides is 1. The molecule has 0 aliphatic carbocycles. The van der Waals surface area contributed by atoms with Crippen molar-refractivity contribution >= 4 is 46.3 Å². The summed E-state index contributed by atoms with van der Waals surface area (Å²) >= 11 is 6.30. The van der Waals surface area contributed by atoms with Crippen molar-refractivity contribution in [2.45, 2.75) is 26.3 Å². The molecule has 1 aromatic rings. The van der Waals surface area contributed by atoms with Crippen molar-refractivity contribution < 1.29 is 19.4 Å². The second-order valence-electron chi connectivity index (χ2n) is 4.82. The summed E-state index contributed by atoms with van der Waals surface area (Å²) in [5.74, 6) is -0.650. The predicted octanol–water partition coefficient (Wildman–Crippen LogP) is 3.15. The molecule has 0 saturated carbocycles. The van der Waals surface area contributed by atoms with E-state index in [1.54, 1.807) is 13.0 Å². The Hall–Kier alpha value is -1.86. The van der Waals surface area contributed by atoms with Gasteiger partial charge in [-0.1, -0.05) is 43.0 Å². The highest BCUT2D eigenvalue weighted by Crippen LogP contribution is 2.34. The lowest BCUT2D eigenvalue weighted by atomic mass is 10.1. The minimum absolute atomic E-state index is 0.279. The van der Waals surface area contributed by atoms with Gasteiger partial charge < -0.3 is 9.84 Å². The van der Waals surface area contributed by atoms with Crippen molar-refractivity contribution in [3.8, 4) is 5.75 Å². The van der Waals surface area contributed by atoms with Crippen molar-refractivity contribution in [1.29, 1.82) is 0 Å². The van der Waals surface area contributed by atoms with Gasteiger partial charge in [-0.3, -0.25) is 9.69 Å². The molecular weight excluding hydrogens is 334 g/mol. The maximum Gasteiger partial charge on any atom is 0.326 e. The number of hydrogen-bond acceptors (Lipinski definition) is 5. The van der Waals surface area contributed by atoms with Crippen LogP contribution >= 0.6 is 24.0 Å². The van der Waals surface area contributed by atoms with Crippen LogP contribution in [0.25, 0.3) is 6.08 Å². The van der Waals surface area contributed by atoms with Crippen LogP contribution in [0.5, 0.6) is 5.75 Å². The normalized spacial score (nSPS) is 17.7. The molecule has 1 amide bonds. The molecule has 0 bridgehead atoms. The zero-order valence-electron chi connectivity index (χ0n) is 12.8. The molecule has 2 rings (SSSR count). The number of carboxylic acids is 1. The molecule has 1 aromatic carbocycles. The fourth-order valence-electron chi connectivity index (χ4n) is 2.19. The number of thiocarbonyl (C=S) groups is 1. The summed E-state index contributed by atoms with van der Waals surface area (Å²) in [6.07, 6.45) is 2.02. The minimum Gasteiger partial charge on any atom is -0.494 e. The number of thioether (sulfide) groups is 1. The number of benzene rings is 1. The zero-order chi connectivity index (χ0) is 17.0. The van der Waals surface area contributed by atoms with Gasteiger partial charge in [0.25, 0.3) is 5.91 Å². The van der Waals surface area contributed by atoms with Crippen LogP contribution in [0, 0.1) is 0 Å². The van der Waals surface area contributed by atoms with Crippen LogP contribution in [-0.2, 0) is 9.59 Å². The summed E-state index contributed by atoms with van der Waals surface area (Å²) in [4.78, 5) is 25.3. The van der Waals surface area contributed by atoms with Crippen LogP contribution in [0.2, 0.25) is 0 Å². The van der Waals surface area contributed by atoms with Gasteiger partial charge in [-0.05, 0) is 37.1 Å². The van der Waals surface area contributed by atoms with Gasteiger partial charge in [0.15, 0.2) is 0 Å². The molecule has 1 aliphatic heterocycles. The minimum atomic E-state index is -1.05. The van der Waals surface area contributed by atoms with Crippen LogP contribution in [-0.4, -0.2) is 38.9 Å².